The number of nitro groups is 1. The molecule has 0 spiro atoms. The maximum atomic E-state index is 12.0. The van der Waals surface area contributed by atoms with Gasteiger partial charge in [-0.2, -0.15) is 5.10 Å². The van der Waals surface area contributed by atoms with Crippen molar-refractivity contribution in [3.8, 4) is 0 Å². The van der Waals surface area contributed by atoms with Crippen molar-refractivity contribution in [2.75, 3.05) is 0 Å². The van der Waals surface area contributed by atoms with E-state index in [-0.39, 0.29) is 24.6 Å². The SMILES string of the molecule is O=C(CCn1cc([N+](=O)[O-])cn1)NCc1cccc(COCc2ccccc2)c1. The zero-order valence-corrected chi connectivity index (χ0v) is 15.9. The first kappa shape index (κ1) is 20.2. The molecule has 29 heavy (non-hydrogen) atoms. The smallest absolute Gasteiger partial charge is 0.306 e. The minimum absolute atomic E-state index is 0.0864. The van der Waals surface area contributed by atoms with Gasteiger partial charge in [-0.1, -0.05) is 54.6 Å². The summed E-state index contributed by atoms with van der Waals surface area (Å²) in [5.41, 5.74) is 3.06. The fraction of sp³-hybridized carbons (Fsp3) is 0.238. The Hall–Kier alpha value is -3.52. The molecular formula is C21H22N4O4. The minimum Gasteiger partial charge on any atom is -0.372 e. The number of benzene rings is 2. The minimum atomic E-state index is -0.514. The van der Waals surface area contributed by atoms with E-state index in [0.717, 1.165) is 16.7 Å². The Balaban J connectivity index is 1.41. The van der Waals surface area contributed by atoms with Gasteiger partial charge in [0.05, 0.1) is 18.1 Å². The highest BCUT2D eigenvalue weighted by Gasteiger charge is 2.10. The number of hydrogen-bond donors (Lipinski definition) is 1. The zero-order valence-electron chi connectivity index (χ0n) is 15.9. The van der Waals surface area contributed by atoms with Crippen LogP contribution in [0.3, 0.4) is 0 Å². The first-order chi connectivity index (χ1) is 14.1. The molecule has 0 radical (unpaired) electrons. The van der Waals surface area contributed by atoms with E-state index < -0.39 is 4.92 Å². The number of aromatic nitrogens is 2. The zero-order chi connectivity index (χ0) is 20.5. The summed E-state index contributed by atoms with van der Waals surface area (Å²) in [5, 5.41) is 17.4. The Bertz CT molecular complexity index is 956. The van der Waals surface area contributed by atoms with Crippen LogP contribution in [0.15, 0.2) is 67.0 Å². The van der Waals surface area contributed by atoms with Gasteiger partial charge in [0, 0.05) is 19.5 Å². The number of nitrogens with one attached hydrogen (secondary N) is 1. The summed E-state index contributed by atoms with van der Waals surface area (Å²) in [7, 11) is 0. The van der Waals surface area contributed by atoms with Crippen LogP contribution in [-0.2, 0) is 35.8 Å². The fourth-order valence-electron chi connectivity index (χ4n) is 2.76. The standard InChI is InChI=1S/C21H22N4O4/c26-21(9-10-24-14-20(13-23-24)25(27)28)22-12-18-7-4-8-19(11-18)16-29-15-17-5-2-1-3-6-17/h1-8,11,13-14H,9-10,12,15-16H2,(H,22,26). The van der Waals surface area contributed by atoms with E-state index in [2.05, 4.69) is 10.4 Å². The molecule has 0 saturated carbocycles. The van der Waals surface area contributed by atoms with Crippen LogP contribution < -0.4 is 5.32 Å². The first-order valence-electron chi connectivity index (χ1n) is 9.23. The monoisotopic (exact) mass is 394 g/mol. The van der Waals surface area contributed by atoms with Crippen molar-refractivity contribution in [3.63, 3.8) is 0 Å². The summed E-state index contributed by atoms with van der Waals surface area (Å²) in [6, 6.07) is 17.8. The van der Waals surface area contributed by atoms with Crippen molar-refractivity contribution in [2.45, 2.75) is 32.7 Å². The summed E-state index contributed by atoms with van der Waals surface area (Å²) < 4.78 is 7.14. The Morgan fingerprint density at radius 3 is 2.55 bits per heavy atom. The van der Waals surface area contributed by atoms with E-state index in [1.54, 1.807) is 0 Å². The van der Waals surface area contributed by atoms with E-state index >= 15 is 0 Å². The molecule has 1 N–H and O–H groups in total. The fourth-order valence-corrected chi connectivity index (χ4v) is 2.76. The number of amides is 1. The summed E-state index contributed by atoms with van der Waals surface area (Å²) in [6.07, 6.45) is 2.67. The van der Waals surface area contributed by atoms with Crippen molar-refractivity contribution in [1.82, 2.24) is 15.1 Å². The van der Waals surface area contributed by atoms with Crippen molar-refractivity contribution in [2.24, 2.45) is 0 Å². The summed E-state index contributed by atoms with van der Waals surface area (Å²) in [6.45, 7) is 1.74. The summed E-state index contributed by atoms with van der Waals surface area (Å²) >= 11 is 0. The molecule has 0 saturated heterocycles. The Morgan fingerprint density at radius 1 is 1.07 bits per heavy atom. The van der Waals surface area contributed by atoms with Crippen molar-refractivity contribution in [1.29, 1.82) is 0 Å². The number of nitrogens with zero attached hydrogens (tertiary/aromatic N) is 3. The maximum absolute atomic E-state index is 12.0. The van der Waals surface area contributed by atoms with Crippen LogP contribution in [0.2, 0.25) is 0 Å². The van der Waals surface area contributed by atoms with Crippen LogP contribution in [0.1, 0.15) is 23.1 Å². The third kappa shape index (κ3) is 6.54. The molecule has 0 atom stereocenters. The number of hydrogen-bond acceptors (Lipinski definition) is 5. The van der Waals surface area contributed by atoms with Crippen LogP contribution in [0.5, 0.6) is 0 Å². The second-order valence-corrected chi connectivity index (χ2v) is 6.54. The van der Waals surface area contributed by atoms with Gasteiger partial charge in [0.25, 0.3) is 0 Å². The number of aryl methyl sites for hydroxylation is 1. The van der Waals surface area contributed by atoms with E-state index in [4.69, 9.17) is 4.74 Å². The molecule has 2 aromatic carbocycles. The molecule has 1 amide bonds. The highest BCUT2D eigenvalue weighted by molar-refractivity contribution is 5.75. The number of carbonyl (C=O) groups excluding carboxylic acids is 1. The summed E-state index contributed by atoms with van der Waals surface area (Å²) in [5.74, 6) is -0.145. The molecule has 3 aromatic rings. The van der Waals surface area contributed by atoms with Gasteiger partial charge in [-0.3, -0.25) is 19.6 Å². The topological polar surface area (TPSA) is 99.3 Å². The predicted molar refractivity (Wildman–Crippen MR) is 107 cm³/mol. The predicted octanol–water partition coefficient (Wildman–Crippen LogP) is 3.21. The molecule has 0 aliphatic carbocycles. The highest BCUT2D eigenvalue weighted by Crippen LogP contribution is 2.10. The number of rotatable bonds is 10. The molecule has 0 bridgehead atoms. The lowest BCUT2D eigenvalue weighted by Crippen LogP contribution is -2.24. The van der Waals surface area contributed by atoms with Crippen molar-refractivity contribution < 1.29 is 14.5 Å². The van der Waals surface area contributed by atoms with Gasteiger partial charge in [-0.15, -0.1) is 0 Å². The Kier molecular flexibility index (Phi) is 7.07. The highest BCUT2D eigenvalue weighted by atomic mass is 16.6. The molecule has 0 unspecified atom stereocenters. The van der Waals surface area contributed by atoms with E-state index in [1.807, 2.05) is 54.6 Å². The quantitative estimate of drug-likeness (QED) is 0.420. The number of ether oxygens (including phenoxy) is 1. The van der Waals surface area contributed by atoms with E-state index in [0.29, 0.717) is 19.8 Å². The first-order valence-corrected chi connectivity index (χ1v) is 9.23. The number of carbonyl (C=O) groups is 1. The van der Waals surface area contributed by atoms with Crippen LogP contribution in [-0.4, -0.2) is 20.6 Å². The molecule has 8 heteroatoms. The molecule has 3 rings (SSSR count). The lowest BCUT2D eigenvalue weighted by atomic mass is 10.1. The second kappa shape index (κ2) is 10.1. The third-order valence-electron chi connectivity index (χ3n) is 4.26. The van der Waals surface area contributed by atoms with Gasteiger partial charge in [0.1, 0.15) is 12.4 Å². The maximum Gasteiger partial charge on any atom is 0.306 e. The van der Waals surface area contributed by atoms with E-state index in [9.17, 15) is 14.9 Å². The summed E-state index contributed by atoms with van der Waals surface area (Å²) in [4.78, 5) is 22.2. The van der Waals surface area contributed by atoms with Gasteiger partial charge < -0.3 is 10.1 Å². The van der Waals surface area contributed by atoms with Gasteiger partial charge in [0.2, 0.25) is 5.91 Å². The third-order valence-corrected chi connectivity index (χ3v) is 4.26. The van der Waals surface area contributed by atoms with Gasteiger partial charge >= 0.3 is 5.69 Å². The van der Waals surface area contributed by atoms with Gasteiger partial charge in [-0.25, -0.2) is 0 Å². The molecule has 1 heterocycles. The van der Waals surface area contributed by atoms with E-state index in [1.165, 1.54) is 17.1 Å². The second-order valence-electron chi connectivity index (χ2n) is 6.54. The van der Waals surface area contributed by atoms with Gasteiger partial charge in [0.15, 0.2) is 0 Å². The molecule has 0 fully saturated rings. The lowest BCUT2D eigenvalue weighted by molar-refractivity contribution is -0.385. The van der Waals surface area contributed by atoms with Gasteiger partial charge in [-0.05, 0) is 16.7 Å². The average Bonchev–Trinajstić information content (AvgIpc) is 3.21. The molecule has 8 nitrogen and oxygen atoms in total. The molecule has 0 aliphatic heterocycles. The van der Waals surface area contributed by atoms with Crippen LogP contribution in [0, 0.1) is 10.1 Å². The molecule has 150 valence electrons. The van der Waals surface area contributed by atoms with Crippen LogP contribution in [0.25, 0.3) is 0 Å². The molecule has 1 aromatic heterocycles. The normalized spacial score (nSPS) is 10.6. The van der Waals surface area contributed by atoms with Crippen molar-refractivity contribution in [3.05, 3.63) is 93.8 Å². The molecular weight excluding hydrogens is 372 g/mol. The van der Waals surface area contributed by atoms with Crippen LogP contribution >= 0.6 is 0 Å². The Morgan fingerprint density at radius 2 is 1.79 bits per heavy atom. The van der Waals surface area contributed by atoms with Crippen molar-refractivity contribution >= 4 is 11.6 Å². The Labute approximate surface area is 168 Å². The largest absolute Gasteiger partial charge is 0.372 e. The lowest BCUT2D eigenvalue weighted by Gasteiger charge is -2.08. The molecule has 0 aliphatic rings. The average molecular weight is 394 g/mol. The van der Waals surface area contributed by atoms with Crippen LogP contribution in [0.4, 0.5) is 5.69 Å².